The zero-order chi connectivity index (χ0) is 16.9. The van der Waals surface area contributed by atoms with Crippen molar-refractivity contribution in [3.05, 3.63) is 83.9 Å². The Morgan fingerprint density at radius 1 is 0.708 bits per heavy atom. The summed E-state index contributed by atoms with van der Waals surface area (Å²) >= 11 is 0. The average Bonchev–Trinajstić information content (AvgIpc) is 2.62. The van der Waals surface area contributed by atoms with Crippen LogP contribution in [-0.4, -0.2) is 23.3 Å². The first-order chi connectivity index (χ1) is 11.6. The highest BCUT2D eigenvalue weighted by Crippen LogP contribution is 2.20. The molecule has 0 amide bonds. The molecule has 0 fully saturated rings. The van der Waals surface area contributed by atoms with E-state index in [4.69, 9.17) is 11.5 Å². The van der Waals surface area contributed by atoms with E-state index in [-0.39, 0.29) is 6.04 Å². The van der Waals surface area contributed by atoms with Crippen molar-refractivity contribution in [3.8, 4) is 0 Å². The number of fused-ring (bicyclic) bond motifs is 1. The Bertz CT molecular complexity index is 783. The van der Waals surface area contributed by atoms with Crippen LogP contribution < -0.4 is 11.5 Å². The van der Waals surface area contributed by atoms with Gasteiger partial charge < -0.3 is 16.6 Å². The minimum Gasteiger partial charge on any atom is -0.390 e. The number of rotatable bonds is 6. The quantitative estimate of drug-likeness (QED) is 0.654. The summed E-state index contributed by atoms with van der Waals surface area (Å²) in [6.45, 7) is 0. The fraction of sp³-hybridized carbons (Fsp3) is 0.238. The Morgan fingerprint density at radius 2 is 1.33 bits per heavy atom. The normalized spacial score (nSPS) is 15.1. The van der Waals surface area contributed by atoms with Gasteiger partial charge in [-0.25, -0.2) is 0 Å². The zero-order valence-corrected chi connectivity index (χ0v) is 13.7. The van der Waals surface area contributed by atoms with Gasteiger partial charge in [0.2, 0.25) is 0 Å². The standard InChI is InChI=1S/C21H24N2O/c22-19(13-15-7-2-1-3-8-15)21(24)20(23)14-17-11-6-10-16-9-4-5-12-18(16)17/h1-12,19-21,24H,13-14,22-23H2/t19-,20-,21-/m0/s1. The van der Waals surface area contributed by atoms with Crippen molar-refractivity contribution in [2.45, 2.75) is 31.0 Å². The molecule has 3 atom stereocenters. The largest absolute Gasteiger partial charge is 0.390 e. The second kappa shape index (κ2) is 7.58. The highest BCUT2D eigenvalue weighted by Gasteiger charge is 2.23. The molecule has 3 heteroatoms. The van der Waals surface area contributed by atoms with Crippen LogP contribution in [0.25, 0.3) is 10.8 Å². The predicted molar refractivity (Wildman–Crippen MR) is 99.8 cm³/mol. The SMILES string of the molecule is N[C@@H](Cc1ccccc1)[C@H](O)[C@@H](N)Cc1cccc2ccccc12. The van der Waals surface area contributed by atoms with Crippen molar-refractivity contribution < 1.29 is 5.11 Å². The van der Waals surface area contributed by atoms with Gasteiger partial charge >= 0.3 is 0 Å². The van der Waals surface area contributed by atoms with Crippen LogP contribution in [-0.2, 0) is 12.8 Å². The lowest BCUT2D eigenvalue weighted by Gasteiger charge is -2.25. The van der Waals surface area contributed by atoms with Crippen LogP contribution in [0.15, 0.2) is 72.8 Å². The molecule has 0 aromatic heterocycles. The maximum atomic E-state index is 10.5. The van der Waals surface area contributed by atoms with Crippen LogP contribution in [0.3, 0.4) is 0 Å². The van der Waals surface area contributed by atoms with Crippen LogP contribution in [0.5, 0.6) is 0 Å². The summed E-state index contributed by atoms with van der Waals surface area (Å²) in [6, 6.07) is 23.6. The molecule has 0 unspecified atom stereocenters. The molecule has 0 saturated heterocycles. The third kappa shape index (κ3) is 3.82. The van der Waals surface area contributed by atoms with Gasteiger partial charge in [0.1, 0.15) is 0 Å². The van der Waals surface area contributed by atoms with E-state index in [1.54, 1.807) is 0 Å². The van der Waals surface area contributed by atoms with Crippen molar-refractivity contribution in [2.75, 3.05) is 0 Å². The highest BCUT2D eigenvalue weighted by atomic mass is 16.3. The van der Waals surface area contributed by atoms with Gasteiger partial charge in [-0.05, 0) is 34.7 Å². The molecular weight excluding hydrogens is 296 g/mol. The lowest BCUT2D eigenvalue weighted by molar-refractivity contribution is 0.116. The Kier molecular flexibility index (Phi) is 5.26. The van der Waals surface area contributed by atoms with Gasteiger partial charge in [-0.3, -0.25) is 0 Å². The van der Waals surface area contributed by atoms with Crippen molar-refractivity contribution >= 4 is 10.8 Å². The molecule has 0 aliphatic rings. The molecule has 3 aromatic rings. The van der Waals surface area contributed by atoms with Gasteiger partial charge in [0.05, 0.1) is 6.10 Å². The molecule has 0 aliphatic carbocycles. The minimum absolute atomic E-state index is 0.377. The molecule has 0 heterocycles. The predicted octanol–water partition coefficient (Wildman–Crippen LogP) is 2.64. The highest BCUT2D eigenvalue weighted by molar-refractivity contribution is 5.85. The summed E-state index contributed by atoms with van der Waals surface area (Å²) in [6.07, 6.45) is 0.472. The average molecular weight is 320 g/mol. The van der Waals surface area contributed by atoms with E-state index in [1.807, 2.05) is 48.5 Å². The van der Waals surface area contributed by atoms with Crippen molar-refractivity contribution in [2.24, 2.45) is 11.5 Å². The van der Waals surface area contributed by atoms with Crippen LogP contribution in [0.1, 0.15) is 11.1 Å². The molecule has 124 valence electrons. The molecule has 0 spiro atoms. The summed E-state index contributed by atoms with van der Waals surface area (Å²) < 4.78 is 0. The summed E-state index contributed by atoms with van der Waals surface area (Å²) in [5.41, 5.74) is 14.7. The van der Waals surface area contributed by atoms with E-state index in [0.717, 1.165) is 11.1 Å². The van der Waals surface area contributed by atoms with E-state index >= 15 is 0 Å². The Morgan fingerprint density at radius 3 is 2.12 bits per heavy atom. The van der Waals surface area contributed by atoms with Crippen molar-refractivity contribution in [1.29, 1.82) is 0 Å². The fourth-order valence-electron chi connectivity index (χ4n) is 3.17. The molecule has 0 saturated carbocycles. The summed E-state index contributed by atoms with van der Waals surface area (Å²) in [7, 11) is 0. The van der Waals surface area contributed by atoms with E-state index < -0.39 is 12.1 Å². The number of nitrogens with two attached hydrogens (primary N) is 2. The number of benzene rings is 3. The maximum absolute atomic E-state index is 10.5. The Balaban J connectivity index is 1.70. The van der Waals surface area contributed by atoms with Gasteiger partial charge in [0.15, 0.2) is 0 Å². The van der Waals surface area contributed by atoms with Crippen LogP contribution in [0.2, 0.25) is 0 Å². The summed E-state index contributed by atoms with van der Waals surface area (Å²) in [4.78, 5) is 0. The molecule has 24 heavy (non-hydrogen) atoms. The zero-order valence-electron chi connectivity index (χ0n) is 13.7. The first kappa shape index (κ1) is 16.7. The third-order valence-corrected chi connectivity index (χ3v) is 4.53. The number of hydrogen-bond acceptors (Lipinski definition) is 3. The lowest BCUT2D eigenvalue weighted by atomic mass is 9.92. The molecule has 0 radical (unpaired) electrons. The third-order valence-electron chi connectivity index (χ3n) is 4.53. The van der Waals surface area contributed by atoms with Gasteiger partial charge in [-0.15, -0.1) is 0 Å². The Hall–Kier alpha value is -2.20. The fourth-order valence-corrected chi connectivity index (χ4v) is 3.17. The summed E-state index contributed by atoms with van der Waals surface area (Å²) in [5.74, 6) is 0. The van der Waals surface area contributed by atoms with Crippen LogP contribution in [0, 0.1) is 0 Å². The minimum atomic E-state index is -0.746. The van der Waals surface area contributed by atoms with E-state index in [1.165, 1.54) is 10.8 Å². The maximum Gasteiger partial charge on any atom is 0.0848 e. The van der Waals surface area contributed by atoms with Gasteiger partial charge in [-0.1, -0.05) is 72.8 Å². The molecule has 3 aromatic carbocycles. The number of hydrogen-bond donors (Lipinski definition) is 3. The summed E-state index contributed by atoms with van der Waals surface area (Å²) in [5, 5.41) is 12.9. The molecule has 3 rings (SSSR count). The second-order valence-corrected chi connectivity index (χ2v) is 6.35. The molecule has 3 nitrogen and oxygen atoms in total. The van der Waals surface area contributed by atoms with E-state index in [0.29, 0.717) is 12.8 Å². The van der Waals surface area contributed by atoms with Gasteiger partial charge in [0.25, 0.3) is 0 Å². The van der Waals surface area contributed by atoms with Crippen LogP contribution >= 0.6 is 0 Å². The smallest absolute Gasteiger partial charge is 0.0848 e. The van der Waals surface area contributed by atoms with Crippen molar-refractivity contribution in [1.82, 2.24) is 0 Å². The first-order valence-electron chi connectivity index (χ1n) is 8.35. The molecule has 0 bridgehead atoms. The van der Waals surface area contributed by atoms with Crippen molar-refractivity contribution in [3.63, 3.8) is 0 Å². The number of aliphatic hydroxyl groups is 1. The van der Waals surface area contributed by atoms with E-state index in [2.05, 4.69) is 24.3 Å². The monoisotopic (exact) mass is 320 g/mol. The molecule has 5 N–H and O–H groups in total. The van der Waals surface area contributed by atoms with Gasteiger partial charge in [0, 0.05) is 12.1 Å². The van der Waals surface area contributed by atoms with E-state index in [9.17, 15) is 5.11 Å². The Labute approximate surface area is 142 Å². The first-order valence-corrected chi connectivity index (χ1v) is 8.35. The lowest BCUT2D eigenvalue weighted by Crippen LogP contribution is -2.49. The van der Waals surface area contributed by atoms with Crippen LogP contribution in [0.4, 0.5) is 0 Å². The molecular formula is C21H24N2O. The van der Waals surface area contributed by atoms with Gasteiger partial charge in [-0.2, -0.15) is 0 Å². The number of aliphatic hydroxyl groups excluding tert-OH is 1. The molecule has 0 aliphatic heterocycles. The topological polar surface area (TPSA) is 72.3 Å². The second-order valence-electron chi connectivity index (χ2n) is 6.35.